The van der Waals surface area contributed by atoms with Gasteiger partial charge in [-0.1, -0.05) is 6.07 Å². The molecule has 0 amide bonds. The Labute approximate surface area is 159 Å². The van der Waals surface area contributed by atoms with Crippen LogP contribution < -0.4 is 14.8 Å². The van der Waals surface area contributed by atoms with Crippen LogP contribution in [0.1, 0.15) is 12.5 Å². The smallest absolute Gasteiger partial charge is 0.261 e. The van der Waals surface area contributed by atoms with E-state index in [1.165, 1.54) is 12.1 Å². The molecule has 0 aliphatic rings. The number of aromatic nitrogens is 1. The van der Waals surface area contributed by atoms with E-state index in [-0.39, 0.29) is 4.90 Å². The summed E-state index contributed by atoms with van der Waals surface area (Å²) in [6.07, 6.45) is 3.53. The van der Waals surface area contributed by atoms with Crippen molar-refractivity contribution in [2.24, 2.45) is 0 Å². The van der Waals surface area contributed by atoms with Gasteiger partial charge in [-0.15, -0.1) is 0 Å². The summed E-state index contributed by atoms with van der Waals surface area (Å²) in [6, 6.07) is 17.3. The summed E-state index contributed by atoms with van der Waals surface area (Å²) in [5.41, 5.74) is 2.46. The fourth-order valence-electron chi connectivity index (χ4n) is 2.46. The Morgan fingerprint density at radius 1 is 0.963 bits per heavy atom. The molecule has 1 heterocycles. The van der Waals surface area contributed by atoms with Crippen LogP contribution in [0.15, 0.2) is 78.0 Å². The highest BCUT2D eigenvalue weighted by molar-refractivity contribution is 7.92. The number of hydrogen-bond donors (Lipinski definition) is 2. The summed E-state index contributed by atoms with van der Waals surface area (Å²) in [7, 11) is -3.65. The van der Waals surface area contributed by atoms with Crippen LogP contribution in [0.25, 0.3) is 0 Å². The summed E-state index contributed by atoms with van der Waals surface area (Å²) < 4.78 is 32.9. The third kappa shape index (κ3) is 5.21. The van der Waals surface area contributed by atoms with E-state index in [0.29, 0.717) is 24.6 Å². The third-order valence-corrected chi connectivity index (χ3v) is 5.20. The average Bonchev–Trinajstić information content (AvgIpc) is 2.69. The molecule has 0 spiro atoms. The molecule has 3 aromatic rings. The van der Waals surface area contributed by atoms with E-state index in [9.17, 15) is 8.42 Å². The molecular formula is C20H21N3O3S. The Bertz CT molecular complexity index is 958. The van der Waals surface area contributed by atoms with Gasteiger partial charge in [-0.25, -0.2) is 8.42 Å². The maximum atomic E-state index is 12.5. The third-order valence-electron chi connectivity index (χ3n) is 3.80. The van der Waals surface area contributed by atoms with Gasteiger partial charge in [-0.05, 0) is 67.1 Å². The van der Waals surface area contributed by atoms with Gasteiger partial charge >= 0.3 is 0 Å². The SMILES string of the molecule is CCOc1ccc(S(=O)(=O)Nc2ccc(NCc3cccnc3)cc2)cc1. The van der Waals surface area contributed by atoms with Crippen molar-refractivity contribution in [2.45, 2.75) is 18.4 Å². The number of anilines is 2. The van der Waals surface area contributed by atoms with E-state index in [0.717, 1.165) is 11.3 Å². The molecule has 3 rings (SSSR count). The summed E-state index contributed by atoms with van der Waals surface area (Å²) in [4.78, 5) is 4.26. The van der Waals surface area contributed by atoms with Crippen LogP contribution in [0.4, 0.5) is 11.4 Å². The highest BCUT2D eigenvalue weighted by Gasteiger charge is 2.14. The van der Waals surface area contributed by atoms with Gasteiger partial charge in [0, 0.05) is 30.3 Å². The van der Waals surface area contributed by atoms with E-state index in [1.807, 2.05) is 31.2 Å². The second kappa shape index (κ2) is 8.55. The van der Waals surface area contributed by atoms with Gasteiger partial charge in [0.05, 0.1) is 11.5 Å². The number of rotatable bonds is 8. The van der Waals surface area contributed by atoms with Gasteiger partial charge in [-0.2, -0.15) is 0 Å². The van der Waals surface area contributed by atoms with E-state index in [1.54, 1.807) is 36.7 Å². The Hall–Kier alpha value is -3.06. The number of pyridine rings is 1. The fraction of sp³-hybridized carbons (Fsp3) is 0.150. The van der Waals surface area contributed by atoms with Crippen molar-refractivity contribution in [1.82, 2.24) is 4.98 Å². The molecular weight excluding hydrogens is 362 g/mol. The topological polar surface area (TPSA) is 80.3 Å². The van der Waals surface area contributed by atoms with Crippen molar-refractivity contribution >= 4 is 21.4 Å². The molecule has 2 N–H and O–H groups in total. The van der Waals surface area contributed by atoms with Crippen molar-refractivity contribution in [3.8, 4) is 5.75 Å². The summed E-state index contributed by atoms with van der Waals surface area (Å²) in [5, 5.41) is 3.27. The summed E-state index contributed by atoms with van der Waals surface area (Å²) in [6.45, 7) is 3.05. The molecule has 0 saturated heterocycles. The first-order chi connectivity index (χ1) is 13.1. The van der Waals surface area contributed by atoms with Crippen LogP contribution >= 0.6 is 0 Å². The van der Waals surface area contributed by atoms with Crippen LogP contribution in [0.3, 0.4) is 0 Å². The van der Waals surface area contributed by atoms with Crippen LogP contribution in [0.2, 0.25) is 0 Å². The minimum atomic E-state index is -3.65. The normalized spacial score (nSPS) is 11.0. The lowest BCUT2D eigenvalue weighted by Gasteiger charge is -2.11. The number of ether oxygens (including phenoxy) is 1. The Morgan fingerprint density at radius 3 is 2.30 bits per heavy atom. The second-order valence-electron chi connectivity index (χ2n) is 5.80. The number of benzene rings is 2. The van der Waals surface area contributed by atoms with Crippen LogP contribution in [0, 0.1) is 0 Å². The zero-order chi connectivity index (χ0) is 19.1. The second-order valence-corrected chi connectivity index (χ2v) is 7.48. The molecule has 0 atom stereocenters. The molecule has 140 valence electrons. The molecule has 0 unspecified atom stereocenters. The predicted octanol–water partition coefficient (Wildman–Crippen LogP) is 3.89. The number of nitrogens with one attached hydrogen (secondary N) is 2. The average molecular weight is 383 g/mol. The van der Waals surface area contributed by atoms with Crippen molar-refractivity contribution < 1.29 is 13.2 Å². The molecule has 0 saturated carbocycles. The first-order valence-electron chi connectivity index (χ1n) is 8.55. The van der Waals surface area contributed by atoms with Crippen molar-refractivity contribution in [3.63, 3.8) is 0 Å². The zero-order valence-corrected chi connectivity index (χ0v) is 15.7. The Balaban J connectivity index is 1.62. The van der Waals surface area contributed by atoms with Crippen molar-refractivity contribution in [3.05, 3.63) is 78.6 Å². The van der Waals surface area contributed by atoms with Gasteiger partial charge < -0.3 is 10.1 Å². The quantitative estimate of drug-likeness (QED) is 0.617. The van der Waals surface area contributed by atoms with Gasteiger partial charge in [0.1, 0.15) is 5.75 Å². The van der Waals surface area contributed by atoms with E-state index in [2.05, 4.69) is 15.0 Å². The number of sulfonamides is 1. The number of hydrogen-bond acceptors (Lipinski definition) is 5. The fourth-order valence-corrected chi connectivity index (χ4v) is 3.52. The number of nitrogens with zero attached hydrogens (tertiary/aromatic N) is 1. The largest absolute Gasteiger partial charge is 0.494 e. The van der Waals surface area contributed by atoms with Crippen LogP contribution in [0.5, 0.6) is 5.75 Å². The molecule has 0 aliphatic carbocycles. The minimum absolute atomic E-state index is 0.185. The molecule has 0 radical (unpaired) electrons. The molecule has 1 aromatic heterocycles. The van der Waals surface area contributed by atoms with E-state index >= 15 is 0 Å². The van der Waals surface area contributed by atoms with Gasteiger partial charge in [0.25, 0.3) is 10.0 Å². The molecule has 0 bridgehead atoms. The Morgan fingerprint density at radius 2 is 1.67 bits per heavy atom. The monoisotopic (exact) mass is 383 g/mol. The van der Waals surface area contributed by atoms with E-state index < -0.39 is 10.0 Å². The predicted molar refractivity (Wildman–Crippen MR) is 106 cm³/mol. The standard InChI is InChI=1S/C20H21N3O3S/c1-2-26-19-9-11-20(12-10-19)27(24,25)23-18-7-5-17(6-8-18)22-15-16-4-3-13-21-14-16/h3-14,22-23H,2,15H2,1H3. The summed E-state index contributed by atoms with van der Waals surface area (Å²) >= 11 is 0. The molecule has 0 fully saturated rings. The van der Waals surface area contributed by atoms with Gasteiger partial charge in [0.15, 0.2) is 0 Å². The van der Waals surface area contributed by atoms with Crippen molar-refractivity contribution in [2.75, 3.05) is 16.6 Å². The maximum Gasteiger partial charge on any atom is 0.261 e. The van der Waals surface area contributed by atoms with Gasteiger partial charge in [0.2, 0.25) is 0 Å². The van der Waals surface area contributed by atoms with Crippen LogP contribution in [-0.4, -0.2) is 20.0 Å². The lowest BCUT2D eigenvalue weighted by Crippen LogP contribution is -2.12. The molecule has 7 heteroatoms. The van der Waals surface area contributed by atoms with Crippen LogP contribution in [-0.2, 0) is 16.6 Å². The first kappa shape index (κ1) is 18.7. The van der Waals surface area contributed by atoms with Crippen molar-refractivity contribution in [1.29, 1.82) is 0 Å². The highest BCUT2D eigenvalue weighted by atomic mass is 32.2. The Kier molecular flexibility index (Phi) is 5.93. The first-order valence-corrected chi connectivity index (χ1v) is 10.0. The molecule has 0 aliphatic heterocycles. The molecule has 6 nitrogen and oxygen atoms in total. The maximum absolute atomic E-state index is 12.5. The molecule has 2 aromatic carbocycles. The lowest BCUT2D eigenvalue weighted by molar-refractivity contribution is 0.340. The summed E-state index contributed by atoms with van der Waals surface area (Å²) in [5.74, 6) is 0.639. The minimum Gasteiger partial charge on any atom is -0.494 e. The van der Waals surface area contributed by atoms with E-state index in [4.69, 9.17) is 4.74 Å². The zero-order valence-electron chi connectivity index (χ0n) is 14.9. The molecule has 27 heavy (non-hydrogen) atoms. The van der Waals surface area contributed by atoms with Gasteiger partial charge in [-0.3, -0.25) is 9.71 Å². The highest BCUT2D eigenvalue weighted by Crippen LogP contribution is 2.21. The lowest BCUT2D eigenvalue weighted by atomic mass is 10.2.